The Morgan fingerprint density at radius 2 is 1.58 bits per heavy atom. The van der Waals surface area contributed by atoms with E-state index in [-0.39, 0.29) is 21.7 Å². The van der Waals surface area contributed by atoms with Crippen molar-refractivity contribution in [3.8, 4) is 0 Å². The van der Waals surface area contributed by atoms with Crippen LogP contribution in [0.25, 0.3) is 0 Å². The first-order valence-electron chi connectivity index (χ1n) is 9.77. The molecule has 9 nitrogen and oxygen atoms in total. The molecule has 3 aromatic rings. The van der Waals surface area contributed by atoms with Gasteiger partial charge in [-0.3, -0.25) is 19.7 Å². The zero-order valence-corrected chi connectivity index (χ0v) is 18.3. The molecule has 1 N–H and O–H groups in total. The van der Waals surface area contributed by atoms with Crippen LogP contribution < -0.4 is 4.72 Å². The number of nitrogens with one attached hydrogen (secondary N) is 1. The van der Waals surface area contributed by atoms with E-state index < -0.39 is 39.3 Å². The third-order valence-corrected chi connectivity index (χ3v) is 6.11. The van der Waals surface area contributed by atoms with Crippen molar-refractivity contribution in [2.24, 2.45) is 0 Å². The third kappa shape index (κ3) is 6.09. The molecule has 0 saturated heterocycles. The molecule has 0 amide bonds. The Labute approximate surface area is 190 Å². The van der Waals surface area contributed by atoms with Gasteiger partial charge < -0.3 is 4.74 Å². The van der Waals surface area contributed by atoms with Gasteiger partial charge in [-0.05, 0) is 31.2 Å². The van der Waals surface area contributed by atoms with Crippen molar-refractivity contribution < 1.29 is 27.7 Å². The lowest BCUT2D eigenvalue weighted by atomic mass is 9.99. The Balaban J connectivity index is 1.79. The SMILES string of the molecule is Cc1ccc(S(=O)(=O)NCC(=O)OC(C(=O)c2ccccc2)c2ccc([N+](=O)[O-])cc2)cc1. The average Bonchev–Trinajstić information content (AvgIpc) is 2.82. The second-order valence-electron chi connectivity index (χ2n) is 7.09. The Hall–Kier alpha value is -3.89. The summed E-state index contributed by atoms with van der Waals surface area (Å²) in [5.41, 5.74) is 1.15. The summed E-state index contributed by atoms with van der Waals surface area (Å²) in [5.74, 6) is -1.54. The first-order valence-corrected chi connectivity index (χ1v) is 11.2. The molecule has 3 rings (SSSR count). The lowest BCUT2D eigenvalue weighted by Crippen LogP contribution is -2.32. The van der Waals surface area contributed by atoms with Crippen LogP contribution in [0.15, 0.2) is 83.8 Å². The van der Waals surface area contributed by atoms with Crippen molar-refractivity contribution in [2.75, 3.05) is 6.54 Å². The largest absolute Gasteiger partial charge is 0.448 e. The molecule has 0 heterocycles. The van der Waals surface area contributed by atoms with E-state index in [1.165, 1.54) is 48.5 Å². The van der Waals surface area contributed by atoms with Crippen molar-refractivity contribution in [3.05, 3.63) is 106 Å². The van der Waals surface area contributed by atoms with Crippen LogP contribution in [-0.2, 0) is 19.6 Å². The third-order valence-electron chi connectivity index (χ3n) is 4.69. The van der Waals surface area contributed by atoms with E-state index in [0.717, 1.165) is 5.56 Å². The number of nitro groups is 1. The van der Waals surface area contributed by atoms with Crippen molar-refractivity contribution >= 4 is 27.5 Å². The molecule has 0 fully saturated rings. The van der Waals surface area contributed by atoms with Gasteiger partial charge in [0.05, 0.1) is 9.82 Å². The van der Waals surface area contributed by atoms with Crippen LogP contribution in [0.1, 0.15) is 27.6 Å². The molecule has 0 saturated carbocycles. The van der Waals surface area contributed by atoms with E-state index in [4.69, 9.17) is 4.74 Å². The molecule has 1 unspecified atom stereocenters. The highest BCUT2D eigenvalue weighted by Gasteiger charge is 2.27. The smallest absolute Gasteiger partial charge is 0.322 e. The highest BCUT2D eigenvalue weighted by molar-refractivity contribution is 7.89. The maximum atomic E-state index is 13.0. The normalized spacial score (nSPS) is 12.0. The lowest BCUT2D eigenvalue weighted by molar-refractivity contribution is -0.384. The first-order chi connectivity index (χ1) is 15.7. The van der Waals surface area contributed by atoms with E-state index in [0.29, 0.717) is 0 Å². The number of ketones is 1. The fourth-order valence-electron chi connectivity index (χ4n) is 2.93. The van der Waals surface area contributed by atoms with Gasteiger partial charge in [0.1, 0.15) is 6.54 Å². The summed E-state index contributed by atoms with van der Waals surface area (Å²) in [5, 5.41) is 10.9. The second kappa shape index (κ2) is 10.2. The van der Waals surface area contributed by atoms with E-state index in [1.54, 1.807) is 30.3 Å². The van der Waals surface area contributed by atoms with Crippen LogP contribution >= 0.6 is 0 Å². The van der Waals surface area contributed by atoms with Crippen LogP contribution in [-0.4, -0.2) is 31.6 Å². The molecule has 0 bridgehead atoms. The monoisotopic (exact) mass is 468 g/mol. The second-order valence-corrected chi connectivity index (χ2v) is 8.85. The maximum Gasteiger partial charge on any atom is 0.322 e. The maximum absolute atomic E-state index is 13.0. The summed E-state index contributed by atoms with van der Waals surface area (Å²) in [6.07, 6.45) is -1.41. The number of carbonyl (C=O) groups is 2. The number of esters is 1. The van der Waals surface area contributed by atoms with Crippen LogP contribution in [0.4, 0.5) is 5.69 Å². The number of hydrogen-bond donors (Lipinski definition) is 1. The topological polar surface area (TPSA) is 133 Å². The number of ether oxygens (including phenoxy) is 1. The summed E-state index contributed by atoms with van der Waals surface area (Å²) in [7, 11) is -3.97. The van der Waals surface area contributed by atoms with Crippen LogP contribution in [0, 0.1) is 17.0 Å². The first kappa shape index (κ1) is 23.8. The molecular weight excluding hydrogens is 448 g/mol. The summed E-state index contributed by atoms with van der Waals surface area (Å²) >= 11 is 0. The quantitative estimate of drug-likeness (QED) is 0.220. The minimum Gasteiger partial charge on any atom is -0.448 e. The van der Waals surface area contributed by atoms with E-state index >= 15 is 0 Å². The van der Waals surface area contributed by atoms with Gasteiger partial charge in [0.15, 0.2) is 6.10 Å². The van der Waals surface area contributed by atoms with Crippen LogP contribution in [0.5, 0.6) is 0 Å². The van der Waals surface area contributed by atoms with Crippen molar-refractivity contribution in [2.45, 2.75) is 17.9 Å². The number of nitrogens with zero attached hydrogens (tertiary/aromatic N) is 1. The van der Waals surface area contributed by atoms with Gasteiger partial charge in [-0.15, -0.1) is 0 Å². The van der Waals surface area contributed by atoms with Crippen LogP contribution in [0.3, 0.4) is 0 Å². The average molecular weight is 468 g/mol. The zero-order chi connectivity index (χ0) is 24.0. The fourth-order valence-corrected chi connectivity index (χ4v) is 3.89. The number of hydrogen-bond acceptors (Lipinski definition) is 7. The molecular formula is C23H20N2O7S. The number of nitro benzene ring substituents is 1. The standard InChI is InChI=1S/C23H20N2O7S/c1-16-7-13-20(14-8-16)33(30,31)24-15-21(26)32-23(22(27)17-5-3-2-4-6-17)18-9-11-19(12-10-18)25(28)29/h2-14,23-24H,15H2,1H3. The summed E-state index contributed by atoms with van der Waals surface area (Å²) in [4.78, 5) is 35.8. The summed E-state index contributed by atoms with van der Waals surface area (Å²) < 4.78 is 32.3. The summed E-state index contributed by atoms with van der Waals surface area (Å²) in [6.45, 7) is 1.10. The van der Waals surface area contributed by atoms with Gasteiger partial charge in [-0.1, -0.05) is 48.0 Å². The number of rotatable bonds is 9. The van der Waals surface area contributed by atoms with Gasteiger partial charge in [0.25, 0.3) is 5.69 Å². The van der Waals surface area contributed by atoms with Crippen molar-refractivity contribution in [3.63, 3.8) is 0 Å². The highest BCUT2D eigenvalue weighted by atomic mass is 32.2. The molecule has 0 radical (unpaired) electrons. The number of benzene rings is 3. The van der Waals surface area contributed by atoms with Gasteiger partial charge in [-0.25, -0.2) is 8.42 Å². The van der Waals surface area contributed by atoms with Crippen molar-refractivity contribution in [1.29, 1.82) is 0 Å². The van der Waals surface area contributed by atoms with E-state index in [1.807, 2.05) is 6.92 Å². The molecule has 10 heteroatoms. The molecule has 0 spiro atoms. The molecule has 33 heavy (non-hydrogen) atoms. The van der Waals surface area contributed by atoms with E-state index in [9.17, 15) is 28.1 Å². The molecule has 3 aromatic carbocycles. The Morgan fingerprint density at radius 3 is 2.15 bits per heavy atom. The van der Waals surface area contributed by atoms with Gasteiger partial charge in [0.2, 0.25) is 15.8 Å². The van der Waals surface area contributed by atoms with Gasteiger partial charge in [-0.2, -0.15) is 4.72 Å². The molecule has 0 aromatic heterocycles. The molecule has 0 aliphatic rings. The fraction of sp³-hybridized carbons (Fsp3) is 0.130. The molecule has 0 aliphatic heterocycles. The molecule has 0 aliphatic carbocycles. The minimum atomic E-state index is -3.97. The number of aryl methyl sites for hydroxylation is 1. The molecule has 170 valence electrons. The number of sulfonamides is 1. The minimum absolute atomic E-state index is 0.0202. The lowest BCUT2D eigenvalue weighted by Gasteiger charge is -2.18. The van der Waals surface area contributed by atoms with Gasteiger partial charge >= 0.3 is 5.97 Å². The number of Topliss-reactive ketones (excluding diaryl/α,β-unsaturated/α-hetero) is 1. The summed E-state index contributed by atoms with van der Waals surface area (Å²) in [6, 6.07) is 19.1. The Kier molecular flexibility index (Phi) is 7.31. The highest BCUT2D eigenvalue weighted by Crippen LogP contribution is 2.25. The number of non-ortho nitro benzene ring substituents is 1. The van der Waals surface area contributed by atoms with Crippen LogP contribution in [0.2, 0.25) is 0 Å². The predicted octanol–water partition coefficient (Wildman–Crippen LogP) is 3.35. The van der Waals surface area contributed by atoms with Gasteiger partial charge in [0, 0.05) is 23.3 Å². The Bertz CT molecular complexity index is 1260. The Morgan fingerprint density at radius 1 is 0.970 bits per heavy atom. The molecule has 1 atom stereocenters. The zero-order valence-electron chi connectivity index (χ0n) is 17.5. The number of carbonyl (C=O) groups excluding carboxylic acids is 2. The predicted molar refractivity (Wildman–Crippen MR) is 119 cm³/mol. The van der Waals surface area contributed by atoms with E-state index in [2.05, 4.69) is 4.72 Å². The van der Waals surface area contributed by atoms with Crippen molar-refractivity contribution in [1.82, 2.24) is 4.72 Å².